The molecule has 0 heterocycles. The fourth-order valence-electron chi connectivity index (χ4n) is 2.53. The normalized spacial score (nSPS) is 13.5. The molecule has 0 aliphatic heterocycles. The number of likely N-dealkylation sites (N-methyl/N-ethyl adjacent to an activating group) is 1. The largest absolute Gasteiger partial charge is 0.329 e. The van der Waals surface area contributed by atoms with Crippen LogP contribution in [0.5, 0.6) is 0 Å². The van der Waals surface area contributed by atoms with Gasteiger partial charge in [-0.15, -0.1) is 0 Å². The summed E-state index contributed by atoms with van der Waals surface area (Å²) >= 11 is 0. The van der Waals surface area contributed by atoms with Crippen LogP contribution in [0, 0.1) is 0 Å². The second-order valence-electron chi connectivity index (χ2n) is 5.04. The molecule has 0 rings (SSSR count). The lowest BCUT2D eigenvalue weighted by atomic mass is 10.1. The number of unbranched alkanes of at least 4 members (excludes halogenated alkanes) is 1. The third kappa shape index (κ3) is 7.34. The van der Waals surface area contributed by atoms with Crippen molar-refractivity contribution < 1.29 is 0 Å². The van der Waals surface area contributed by atoms with Gasteiger partial charge in [-0.3, -0.25) is 4.90 Å². The Balaban J connectivity index is 3.99. The van der Waals surface area contributed by atoms with Gasteiger partial charge in [-0.2, -0.15) is 0 Å². The molecule has 18 heavy (non-hydrogen) atoms. The highest BCUT2D eigenvalue weighted by molar-refractivity contribution is 4.72. The van der Waals surface area contributed by atoms with E-state index < -0.39 is 0 Å². The highest BCUT2D eigenvalue weighted by Gasteiger charge is 2.14. The van der Waals surface area contributed by atoms with E-state index in [9.17, 15) is 0 Å². The number of hydrogen-bond acceptors (Lipinski definition) is 3. The van der Waals surface area contributed by atoms with Gasteiger partial charge >= 0.3 is 0 Å². The van der Waals surface area contributed by atoms with Gasteiger partial charge in [0.1, 0.15) is 0 Å². The van der Waals surface area contributed by atoms with Crippen molar-refractivity contribution in [2.75, 3.05) is 39.3 Å². The summed E-state index contributed by atoms with van der Waals surface area (Å²) in [6, 6.07) is 0.589. The molecule has 0 amide bonds. The predicted octanol–water partition coefficient (Wildman–Crippen LogP) is 2.56. The molecule has 3 heteroatoms. The Morgan fingerprint density at radius 3 is 2.00 bits per heavy atom. The smallest absolute Gasteiger partial charge is 0.0218 e. The van der Waals surface area contributed by atoms with Crippen LogP contribution in [0.4, 0.5) is 0 Å². The number of rotatable bonds is 12. The highest BCUT2D eigenvalue weighted by atomic mass is 15.2. The summed E-state index contributed by atoms with van der Waals surface area (Å²) in [5.74, 6) is 0. The van der Waals surface area contributed by atoms with Crippen LogP contribution >= 0.6 is 0 Å². The van der Waals surface area contributed by atoms with Gasteiger partial charge in [-0.25, -0.2) is 0 Å². The molecule has 0 aliphatic rings. The van der Waals surface area contributed by atoms with Crippen molar-refractivity contribution in [1.82, 2.24) is 9.80 Å². The lowest BCUT2D eigenvalue weighted by Crippen LogP contribution is -2.42. The zero-order valence-electron chi connectivity index (χ0n) is 13.1. The van der Waals surface area contributed by atoms with Crippen molar-refractivity contribution >= 4 is 0 Å². The fraction of sp³-hybridized carbons (Fsp3) is 1.00. The molecule has 0 aromatic rings. The molecule has 110 valence electrons. The van der Waals surface area contributed by atoms with Crippen LogP contribution in [0.3, 0.4) is 0 Å². The van der Waals surface area contributed by atoms with Crippen molar-refractivity contribution in [1.29, 1.82) is 0 Å². The Hall–Kier alpha value is -0.120. The Labute approximate surface area is 115 Å². The maximum Gasteiger partial charge on any atom is 0.0218 e. The van der Waals surface area contributed by atoms with Gasteiger partial charge in [0.15, 0.2) is 0 Å². The van der Waals surface area contributed by atoms with Crippen LogP contribution in [0.15, 0.2) is 0 Å². The third-order valence-electron chi connectivity index (χ3n) is 3.90. The number of hydrogen-bond donors (Lipinski definition) is 1. The van der Waals surface area contributed by atoms with Crippen LogP contribution in [0.1, 0.15) is 53.4 Å². The molecule has 0 aromatic carbocycles. The molecule has 0 saturated carbocycles. The summed E-state index contributed by atoms with van der Waals surface area (Å²) in [5.41, 5.74) is 5.92. The average molecular weight is 257 g/mol. The maximum atomic E-state index is 5.92. The van der Waals surface area contributed by atoms with Crippen molar-refractivity contribution in [3.05, 3.63) is 0 Å². The van der Waals surface area contributed by atoms with E-state index in [0.717, 1.165) is 13.1 Å². The molecule has 0 radical (unpaired) electrons. The molecular formula is C15H35N3. The topological polar surface area (TPSA) is 32.5 Å². The predicted molar refractivity (Wildman–Crippen MR) is 82.0 cm³/mol. The molecule has 0 spiro atoms. The molecule has 0 aromatic heterocycles. The molecule has 0 fully saturated rings. The van der Waals surface area contributed by atoms with Gasteiger partial charge in [-0.1, -0.05) is 40.5 Å². The van der Waals surface area contributed by atoms with Crippen LogP contribution in [-0.4, -0.2) is 55.1 Å². The molecule has 0 saturated heterocycles. The van der Waals surface area contributed by atoms with Crippen molar-refractivity contribution in [3.8, 4) is 0 Å². The minimum atomic E-state index is 0.589. The molecule has 1 unspecified atom stereocenters. The minimum absolute atomic E-state index is 0.589. The summed E-state index contributed by atoms with van der Waals surface area (Å²) < 4.78 is 0. The van der Waals surface area contributed by atoms with Gasteiger partial charge < -0.3 is 10.6 Å². The van der Waals surface area contributed by atoms with Crippen LogP contribution in [0.2, 0.25) is 0 Å². The fourth-order valence-corrected chi connectivity index (χ4v) is 2.53. The van der Waals surface area contributed by atoms with E-state index in [0.29, 0.717) is 6.04 Å². The van der Waals surface area contributed by atoms with Gasteiger partial charge in [-0.05, 0) is 45.6 Å². The van der Waals surface area contributed by atoms with E-state index in [-0.39, 0.29) is 0 Å². The first-order valence-corrected chi connectivity index (χ1v) is 7.89. The first-order valence-electron chi connectivity index (χ1n) is 7.89. The average Bonchev–Trinajstić information content (AvgIpc) is 2.41. The summed E-state index contributed by atoms with van der Waals surface area (Å²) in [4.78, 5) is 5.07. The Morgan fingerprint density at radius 1 is 0.889 bits per heavy atom. The van der Waals surface area contributed by atoms with Crippen molar-refractivity contribution in [2.24, 2.45) is 5.73 Å². The molecule has 0 bridgehead atoms. The SMILES string of the molecule is CCCCC(CN)N(CC)CCCN(CC)CC. The second-order valence-corrected chi connectivity index (χ2v) is 5.04. The number of nitrogens with two attached hydrogens (primary N) is 1. The van der Waals surface area contributed by atoms with Gasteiger partial charge in [0.05, 0.1) is 0 Å². The minimum Gasteiger partial charge on any atom is -0.329 e. The summed E-state index contributed by atoms with van der Waals surface area (Å²) in [6.45, 7) is 15.7. The van der Waals surface area contributed by atoms with E-state index in [2.05, 4.69) is 37.5 Å². The third-order valence-corrected chi connectivity index (χ3v) is 3.90. The van der Waals surface area contributed by atoms with E-state index in [1.807, 2.05) is 0 Å². The molecule has 0 aliphatic carbocycles. The molecule has 2 N–H and O–H groups in total. The number of nitrogens with zero attached hydrogens (tertiary/aromatic N) is 2. The Bertz CT molecular complexity index is 169. The summed E-state index contributed by atoms with van der Waals surface area (Å²) in [7, 11) is 0. The van der Waals surface area contributed by atoms with Crippen molar-refractivity contribution in [3.63, 3.8) is 0 Å². The molecule has 3 nitrogen and oxygen atoms in total. The van der Waals surface area contributed by atoms with Crippen LogP contribution in [-0.2, 0) is 0 Å². The molecule has 1 atom stereocenters. The lowest BCUT2D eigenvalue weighted by molar-refractivity contribution is 0.182. The first-order chi connectivity index (χ1) is 8.73. The van der Waals surface area contributed by atoms with Crippen LogP contribution in [0.25, 0.3) is 0 Å². The Morgan fingerprint density at radius 2 is 1.56 bits per heavy atom. The zero-order chi connectivity index (χ0) is 13.8. The van der Waals surface area contributed by atoms with E-state index >= 15 is 0 Å². The van der Waals surface area contributed by atoms with Gasteiger partial charge in [0, 0.05) is 12.6 Å². The van der Waals surface area contributed by atoms with E-state index in [1.54, 1.807) is 0 Å². The van der Waals surface area contributed by atoms with E-state index in [4.69, 9.17) is 5.73 Å². The quantitative estimate of drug-likeness (QED) is 0.583. The van der Waals surface area contributed by atoms with Crippen LogP contribution < -0.4 is 5.73 Å². The van der Waals surface area contributed by atoms with E-state index in [1.165, 1.54) is 51.9 Å². The standard InChI is InChI=1S/C15H35N3/c1-5-9-11-15(14-16)18(8-4)13-10-12-17(6-2)7-3/h15H,5-14,16H2,1-4H3. The lowest BCUT2D eigenvalue weighted by Gasteiger charge is -2.30. The van der Waals surface area contributed by atoms with Gasteiger partial charge in [0.25, 0.3) is 0 Å². The first kappa shape index (κ1) is 17.9. The molecular weight excluding hydrogens is 222 g/mol. The second kappa shape index (κ2) is 11.9. The highest BCUT2D eigenvalue weighted by Crippen LogP contribution is 2.08. The monoisotopic (exact) mass is 257 g/mol. The van der Waals surface area contributed by atoms with Gasteiger partial charge in [0.2, 0.25) is 0 Å². The summed E-state index contributed by atoms with van der Waals surface area (Å²) in [6.07, 6.45) is 5.09. The maximum absolute atomic E-state index is 5.92. The zero-order valence-corrected chi connectivity index (χ0v) is 13.1. The Kier molecular flexibility index (Phi) is 11.9. The van der Waals surface area contributed by atoms with Crippen molar-refractivity contribution in [2.45, 2.75) is 59.4 Å². The summed E-state index contributed by atoms with van der Waals surface area (Å²) in [5, 5.41) is 0.